The van der Waals surface area contributed by atoms with Gasteiger partial charge in [0.25, 0.3) is 0 Å². The molecule has 134 valence electrons. The van der Waals surface area contributed by atoms with Crippen LogP contribution >= 0.6 is 0 Å². The van der Waals surface area contributed by atoms with Gasteiger partial charge in [0.2, 0.25) is 11.8 Å². The standard InChI is InChI=1S/C21H18N4O2/c1-12-7-8-14(9-13(12)2)25-19-16(11-22-25)21(10-18(26)24-19)15-5-3-4-6-17(15)23-20(21)27/h3-9,11H,10H2,1-2H3,(H,23,27)(H,24,26). The van der Waals surface area contributed by atoms with Gasteiger partial charge in [-0.25, -0.2) is 4.68 Å². The van der Waals surface area contributed by atoms with Crippen molar-refractivity contribution in [3.05, 3.63) is 70.9 Å². The highest BCUT2D eigenvalue weighted by Gasteiger charge is 2.54. The lowest BCUT2D eigenvalue weighted by molar-refractivity contribution is -0.125. The molecule has 0 saturated heterocycles. The Balaban J connectivity index is 1.75. The third kappa shape index (κ3) is 2.04. The van der Waals surface area contributed by atoms with E-state index in [4.69, 9.17) is 0 Å². The first-order chi connectivity index (χ1) is 13.0. The number of aryl methyl sites for hydroxylation is 2. The largest absolute Gasteiger partial charge is 0.325 e. The second-order valence-corrected chi connectivity index (χ2v) is 7.22. The van der Waals surface area contributed by atoms with Crippen LogP contribution < -0.4 is 10.6 Å². The number of hydrogen-bond donors (Lipinski definition) is 2. The highest BCUT2D eigenvalue weighted by Crippen LogP contribution is 2.49. The van der Waals surface area contributed by atoms with Gasteiger partial charge in [0.05, 0.1) is 11.9 Å². The van der Waals surface area contributed by atoms with Crippen LogP contribution in [0.3, 0.4) is 0 Å². The van der Waals surface area contributed by atoms with E-state index in [2.05, 4.69) is 15.7 Å². The molecule has 27 heavy (non-hydrogen) atoms. The fourth-order valence-electron chi connectivity index (χ4n) is 4.10. The molecule has 2 amide bonds. The number of nitrogens with zero attached hydrogens (tertiary/aromatic N) is 2. The molecule has 2 N–H and O–H groups in total. The van der Waals surface area contributed by atoms with Gasteiger partial charge in [-0.05, 0) is 48.7 Å². The lowest BCUT2D eigenvalue weighted by Crippen LogP contribution is -2.43. The van der Waals surface area contributed by atoms with Crippen molar-refractivity contribution in [2.75, 3.05) is 10.6 Å². The summed E-state index contributed by atoms with van der Waals surface area (Å²) < 4.78 is 1.70. The van der Waals surface area contributed by atoms with Gasteiger partial charge in [-0.15, -0.1) is 0 Å². The van der Waals surface area contributed by atoms with Crippen molar-refractivity contribution in [3.63, 3.8) is 0 Å². The van der Waals surface area contributed by atoms with E-state index in [0.717, 1.165) is 28.1 Å². The first-order valence-electron chi connectivity index (χ1n) is 8.87. The zero-order chi connectivity index (χ0) is 18.8. The first-order valence-corrected chi connectivity index (χ1v) is 8.87. The lowest BCUT2D eigenvalue weighted by Gasteiger charge is -2.31. The highest BCUT2D eigenvalue weighted by atomic mass is 16.2. The summed E-state index contributed by atoms with van der Waals surface area (Å²) in [5.74, 6) is 0.181. The summed E-state index contributed by atoms with van der Waals surface area (Å²) in [6.45, 7) is 4.09. The fraction of sp³-hybridized carbons (Fsp3) is 0.190. The van der Waals surface area contributed by atoms with Crippen LogP contribution in [-0.2, 0) is 15.0 Å². The van der Waals surface area contributed by atoms with Crippen molar-refractivity contribution in [2.24, 2.45) is 0 Å². The minimum absolute atomic E-state index is 0.0709. The first kappa shape index (κ1) is 15.8. The van der Waals surface area contributed by atoms with Crippen molar-refractivity contribution in [1.29, 1.82) is 0 Å². The number of para-hydroxylation sites is 1. The third-order valence-corrected chi connectivity index (χ3v) is 5.67. The second kappa shape index (κ2) is 5.30. The molecule has 0 aliphatic carbocycles. The maximum absolute atomic E-state index is 13.0. The van der Waals surface area contributed by atoms with Gasteiger partial charge in [0.1, 0.15) is 11.2 Å². The van der Waals surface area contributed by atoms with Crippen LogP contribution in [0.1, 0.15) is 28.7 Å². The van der Waals surface area contributed by atoms with Gasteiger partial charge in [-0.1, -0.05) is 24.3 Å². The Labute approximate surface area is 156 Å². The SMILES string of the molecule is Cc1ccc(-n2ncc3c2NC(=O)CC32C(=O)Nc3ccccc32)cc1C. The molecule has 0 fully saturated rings. The van der Waals surface area contributed by atoms with Gasteiger partial charge < -0.3 is 10.6 Å². The van der Waals surface area contributed by atoms with Gasteiger partial charge >= 0.3 is 0 Å². The van der Waals surface area contributed by atoms with E-state index >= 15 is 0 Å². The van der Waals surface area contributed by atoms with Crippen molar-refractivity contribution in [1.82, 2.24) is 9.78 Å². The molecule has 2 aliphatic heterocycles. The molecule has 1 atom stereocenters. The van der Waals surface area contributed by atoms with E-state index in [-0.39, 0.29) is 18.2 Å². The topological polar surface area (TPSA) is 76.0 Å². The summed E-state index contributed by atoms with van der Waals surface area (Å²) in [5.41, 5.74) is 4.44. The molecule has 0 bridgehead atoms. The molecule has 3 heterocycles. The molecule has 3 aromatic rings. The average molecular weight is 358 g/mol. The number of aromatic nitrogens is 2. The monoisotopic (exact) mass is 358 g/mol. The van der Waals surface area contributed by atoms with E-state index in [0.29, 0.717) is 5.82 Å². The van der Waals surface area contributed by atoms with Crippen LogP contribution in [0.4, 0.5) is 11.5 Å². The van der Waals surface area contributed by atoms with Crippen LogP contribution in [0.5, 0.6) is 0 Å². The predicted octanol–water partition coefficient (Wildman–Crippen LogP) is 3.07. The molecular weight excluding hydrogens is 340 g/mol. The van der Waals surface area contributed by atoms with Gasteiger partial charge in [0, 0.05) is 17.7 Å². The number of hydrogen-bond acceptors (Lipinski definition) is 3. The summed E-state index contributed by atoms with van der Waals surface area (Å²) in [7, 11) is 0. The Kier molecular flexibility index (Phi) is 3.10. The number of carbonyl (C=O) groups is 2. The third-order valence-electron chi connectivity index (χ3n) is 5.67. The van der Waals surface area contributed by atoms with Crippen molar-refractivity contribution in [3.8, 4) is 5.69 Å². The maximum atomic E-state index is 13.0. The van der Waals surface area contributed by atoms with Crippen molar-refractivity contribution in [2.45, 2.75) is 25.7 Å². The summed E-state index contributed by atoms with van der Waals surface area (Å²) in [4.78, 5) is 25.6. The molecular formula is C21H18N4O2. The number of amides is 2. The lowest BCUT2D eigenvalue weighted by atomic mass is 9.72. The number of rotatable bonds is 1. The molecule has 1 aromatic heterocycles. The molecule has 5 rings (SSSR count). The van der Waals surface area contributed by atoms with E-state index < -0.39 is 5.41 Å². The van der Waals surface area contributed by atoms with Gasteiger partial charge in [0.15, 0.2) is 0 Å². The summed E-state index contributed by atoms with van der Waals surface area (Å²) in [5, 5.41) is 10.4. The van der Waals surface area contributed by atoms with Crippen LogP contribution in [0.25, 0.3) is 5.69 Å². The van der Waals surface area contributed by atoms with Crippen LogP contribution in [0, 0.1) is 13.8 Å². The number of benzene rings is 2. The van der Waals surface area contributed by atoms with E-state index in [9.17, 15) is 9.59 Å². The molecule has 0 radical (unpaired) electrons. The van der Waals surface area contributed by atoms with Crippen LogP contribution in [0.15, 0.2) is 48.7 Å². The van der Waals surface area contributed by atoms with E-state index in [1.54, 1.807) is 10.9 Å². The Morgan fingerprint density at radius 1 is 1.00 bits per heavy atom. The normalized spacial score (nSPS) is 20.2. The van der Waals surface area contributed by atoms with Gasteiger partial charge in [-0.3, -0.25) is 9.59 Å². The summed E-state index contributed by atoms with van der Waals surface area (Å²) >= 11 is 0. The molecule has 2 aromatic carbocycles. The number of anilines is 2. The van der Waals surface area contributed by atoms with Crippen molar-refractivity contribution < 1.29 is 9.59 Å². The summed E-state index contributed by atoms with van der Waals surface area (Å²) in [6.07, 6.45) is 1.77. The molecule has 0 saturated carbocycles. The highest BCUT2D eigenvalue weighted by molar-refractivity contribution is 6.14. The number of carbonyl (C=O) groups excluding carboxylic acids is 2. The zero-order valence-corrected chi connectivity index (χ0v) is 15.0. The Bertz CT molecular complexity index is 1130. The van der Waals surface area contributed by atoms with E-state index in [1.165, 1.54) is 5.56 Å². The Morgan fingerprint density at radius 2 is 1.81 bits per heavy atom. The smallest absolute Gasteiger partial charge is 0.240 e. The second-order valence-electron chi connectivity index (χ2n) is 7.22. The number of nitrogens with one attached hydrogen (secondary N) is 2. The van der Waals surface area contributed by atoms with Crippen LogP contribution in [-0.4, -0.2) is 21.6 Å². The van der Waals surface area contributed by atoms with Crippen LogP contribution in [0.2, 0.25) is 0 Å². The minimum Gasteiger partial charge on any atom is -0.325 e. The fourth-order valence-corrected chi connectivity index (χ4v) is 4.10. The Morgan fingerprint density at radius 3 is 2.63 bits per heavy atom. The van der Waals surface area contributed by atoms with Gasteiger partial charge in [-0.2, -0.15) is 5.10 Å². The Hall–Kier alpha value is -3.41. The quantitative estimate of drug-likeness (QED) is 0.702. The molecule has 1 unspecified atom stereocenters. The minimum atomic E-state index is -1.04. The zero-order valence-electron chi connectivity index (χ0n) is 15.0. The average Bonchev–Trinajstić information content (AvgIpc) is 3.18. The number of fused-ring (bicyclic) bond motifs is 4. The predicted molar refractivity (Wildman–Crippen MR) is 102 cm³/mol. The summed E-state index contributed by atoms with van der Waals surface area (Å²) in [6, 6.07) is 13.5. The molecule has 6 nitrogen and oxygen atoms in total. The molecule has 6 heteroatoms. The van der Waals surface area contributed by atoms with E-state index in [1.807, 2.05) is 56.3 Å². The molecule has 1 spiro atoms. The van der Waals surface area contributed by atoms with Crippen molar-refractivity contribution >= 4 is 23.3 Å². The molecule has 2 aliphatic rings. The maximum Gasteiger partial charge on any atom is 0.240 e.